The molecule has 0 heterocycles. The van der Waals surface area contributed by atoms with Gasteiger partial charge in [-0.15, -0.1) is 0 Å². The van der Waals surface area contributed by atoms with Gasteiger partial charge in [-0.3, -0.25) is 4.79 Å². The van der Waals surface area contributed by atoms with Crippen molar-refractivity contribution in [3.8, 4) is 0 Å². The van der Waals surface area contributed by atoms with Crippen molar-refractivity contribution in [3.63, 3.8) is 0 Å². The fraction of sp³-hybridized carbons (Fsp3) is 0.923. The van der Waals surface area contributed by atoms with Crippen LogP contribution in [0.25, 0.3) is 0 Å². The Morgan fingerprint density at radius 1 is 1.38 bits per heavy atom. The van der Waals surface area contributed by atoms with Crippen molar-refractivity contribution in [2.45, 2.75) is 52.5 Å². The van der Waals surface area contributed by atoms with Gasteiger partial charge in [-0.2, -0.15) is 0 Å². The SMILES string of the molecule is CCN(CC1CCC1)C(=O)CNC(C)(C)C. The normalized spacial score (nSPS) is 17.0. The molecule has 1 saturated carbocycles. The second kappa shape index (κ2) is 5.67. The molecule has 0 aromatic rings. The zero-order chi connectivity index (χ0) is 12.2. The first-order chi connectivity index (χ1) is 7.42. The zero-order valence-corrected chi connectivity index (χ0v) is 11.2. The molecule has 1 amide bonds. The summed E-state index contributed by atoms with van der Waals surface area (Å²) in [6.45, 7) is 10.6. The lowest BCUT2D eigenvalue weighted by molar-refractivity contribution is -0.131. The van der Waals surface area contributed by atoms with Gasteiger partial charge in [-0.05, 0) is 46.5 Å². The molecule has 0 saturated heterocycles. The van der Waals surface area contributed by atoms with Crippen molar-refractivity contribution < 1.29 is 4.79 Å². The van der Waals surface area contributed by atoms with Crippen LogP contribution in [0.3, 0.4) is 0 Å². The molecule has 94 valence electrons. The summed E-state index contributed by atoms with van der Waals surface area (Å²) in [6.07, 6.45) is 3.95. The van der Waals surface area contributed by atoms with Crippen molar-refractivity contribution in [2.75, 3.05) is 19.6 Å². The van der Waals surface area contributed by atoms with Gasteiger partial charge < -0.3 is 10.2 Å². The van der Waals surface area contributed by atoms with E-state index in [2.05, 4.69) is 33.0 Å². The Kier molecular flexibility index (Phi) is 4.78. The lowest BCUT2D eigenvalue weighted by Crippen LogP contribution is -2.46. The Bertz CT molecular complexity index is 229. The summed E-state index contributed by atoms with van der Waals surface area (Å²) in [4.78, 5) is 13.9. The fourth-order valence-electron chi connectivity index (χ4n) is 1.85. The topological polar surface area (TPSA) is 32.3 Å². The third-order valence-corrected chi connectivity index (χ3v) is 3.21. The summed E-state index contributed by atoms with van der Waals surface area (Å²) in [5.74, 6) is 1.00. The first-order valence-electron chi connectivity index (χ1n) is 6.45. The van der Waals surface area contributed by atoms with Crippen LogP contribution in [0.1, 0.15) is 47.0 Å². The van der Waals surface area contributed by atoms with Crippen LogP contribution < -0.4 is 5.32 Å². The van der Waals surface area contributed by atoms with E-state index in [0.717, 1.165) is 19.0 Å². The van der Waals surface area contributed by atoms with E-state index in [9.17, 15) is 4.79 Å². The molecule has 3 nitrogen and oxygen atoms in total. The summed E-state index contributed by atoms with van der Waals surface area (Å²) in [5, 5.41) is 3.25. The molecule has 0 aromatic carbocycles. The average Bonchev–Trinajstić information content (AvgIpc) is 2.12. The van der Waals surface area contributed by atoms with E-state index in [1.807, 2.05) is 4.90 Å². The molecule has 16 heavy (non-hydrogen) atoms. The number of nitrogens with one attached hydrogen (secondary N) is 1. The lowest BCUT2D eigenvalue weighted by atomic mass is 9.85. The Balaban J connectivity index is 2.30. The van der Waals surface area contributed by atoms with Gasteiger partial charge >= 0.3 is 0 Å². The van der Waals surface area contributed by atoms with Crippen LogP contribution in [0.5, 0.6) is 0 Å². The maximum absolute atomic E-state index is 12.0. The van der Waals surface area contributed by atoms with Crippen LogP contribution in [0, 0.1) is 5.92 Å². The fourth-order valence-corrected chi connectivity index (χ4v) is 1.85. The maximum atomic E-state index is 12.0. The Morgan fingerprint density at radius 2 is 2.00 bits per heavy atom. The Morgan fingerprint density at radius 3 is 2.38 bits per heavy atom. The Hall–Kier alpha value is -0.570. The number of hydrogen-bond acceptors (Lipinski definition) is 2. The number of carbonyl (C=O) groups is 1. The lowest BCUT2D eigenvalue weighted by Gasteiger charge is -2.32. The highest BCUT2D eigenvalue weighted by molar-refractivity contribution is 5.78. The summed E-state index contributed by atoms with van der Waals surface area (Å²) in [7, 11) is 0. The molecule has 1 rings (SSSR count). The summed E-state index contributed by atoms with van der Waals surface area (Å²) >= 11 is 0. The molecule has 3 heteroatoms. The standard InChI is InChI=1S/C13H26N2O/c1-5-15(10-11-7-6-8-11)12(16)9-14-13(2,3)4/h11,14H,5-10H2,1-4H3. The molecule has 0 aliphatic heterocycles. The quantitative estimate of drug-likeness (QED) is 0.778. The highest BCUT2D eigenvalue weighted by Crippen LogP contribution is 2.26. The minimum atomic E-state index is 0.0194. The molecule has 0 radical (unpaired) electrons. The van der Waals surface area contributed by atoms with Gasteiger partial charge in [0.2, 0.25) is 5.91 Å². The van der Waals surface area contributed by atoms with Gasteiger partial charge in [0.15, 0.2) is 0 Å². The van der Waals surface area contributed by atoms with Gasteiger partial charge in [0.25, 0.3) is 0 Å². The monoisotopic (exact) mass is 226 g/mol. The highest BCUT2D eigenvalue weighted by atomic mass is 16.2. The molecular formula is C13H26N2O. The van der Waals surface area contributed by atoms with E-state index in [-0.39, 0.29) is 11.4 Å². The molecule has 0 spiro atoms. The molecule has 0 bridgehead atoms. The minimum Gasteiger partial charge on any atom is -0.342 e. The van der Waals surface area contributed by atoms with Crippen molar-refractivity contribution in [2.24, 2.45) is 5.92 Å². The van der Waals surface area contributed by atoms with E-state index < -0.39 is 0 Å². The van der Waals surface area contributed by atoms with Gasteiger partial charge in [-0.25, -0.2) is 0 Å². The molecule has 0 atom stereocenters. The molecule has 0 aromatic heterocycles. The highest BCUT2D eigenvalue weighted by Gasteiger charge is 2.23. The first-order valence-corrected chi connectivity index (χ1v) is 6.45. The van der Waals surface area contributed by atoms with E-state index in [1.165, 1.54) is 19.3 Å². The number of rotatable bonds is 5. The molecule has 1 fully saturated rings. The number of carbonyl (C=O) groups excluding carboxylic acids is 1. The maximum Gasteiger partial charge on any atom is 0.236 e. The zero-order valence-electron chi connectivity index (χ0n) is 11.2. The molecule has 1 N–H and O–H groups in total. The molecule has 1 aliphatic rings. The molecular weight excluding hydrogens is 200 g/mol. The van der Waals surface area contributed by atoms with Crippen LogP contribution in [0.15, 0.2) is 0 Å². The Labute approximate surface area is 99.6 Å². The predicted octanol–water partition coefficient (Wildman–Crippen LogP) is 2.02. The summed E-state index contributed by atoms with van der Waals surface area (Å²) < 4.78 is 0. The second-order valence-corrected chi connectivity index (χ2v) is 5.83. The van der Waals surface area contributed by atoms with E-state index in [4.69, 9.17) is 0 Å². The third kappa shape index (κ3) is 4.52. The number of amides is 1. The minimum absolute atomic E-state index is 0.0194. The molecule has 1 aliphatic carbocycles. The predicted molar refractivity (Wildman–Crippen MR) is 67.4 cm³/mol. The van der Waals surface area contributed by atoms with Crippen molar-refractivity contribution in [1.29, 1.82) is 0 Å². The van der Waals surface area contributed by atoms with Crippen LogP contribution >= 0.6 is 0 Å². The van der Waals surface area contributed by atoms with Crippen LogP contribution in [0.4, 0.5) is 0 Å². The van der Waals surface area contributed by atoms with E-state index >= 15 is 0 Å². The largest absolute Gasteiger partial charge is 0.342 e. The van der Waals surface area contributed by atoms with Crippen LogP contribution in [-0.2, 0) is 4.79 Å². The summed E-state index contributed by atoms with van der Waals surface area (Å²) in [6, 6.07) is 0. The van der Waals surface area contributed by atoms with Gasteiger partial charge in [0, 0.05) is 18.6 Å². The van der Waals surface area contributed by atoms with Crippen LogP contribution in [0.2, 0.25) is 0 Å². The van der Waals surface area contributed by atoms with Crippen molar-refractivity contribution in [3.05, 3.63) is 0 Å². The second-order valence-electron chi connectivity index (χ2n) is 5.83. The van der Waals surface area contributed by atoms with E-state index in [1.54, 1.807) is 0 Å². The number of hydrogen-bond donors (Lipinski definition) is 1. The first kappa shape index (κ1) is 13.5. The molecule has 0 unspecified atom stereocenters. The smallest absolute Gasteiger partial charge is 0.236 e. The van der Waals surface area contributed by atoms with Gasteiger partial charge in [-0.1, -0.05) is 6.42 Å². The number of nitrogens with zero attached hydrogens (tertiary/aromatic N) is 1. The summed E-state index contributed by atoms with van der Waals surface area (Å²) in [5.41, 5.74) is 0.0194. The van der Waals surface area contributed by atoms with Gasteiger partial charge in [0.1, 0.15) is 0 Å². The third-order valence-electron chi connectivity index (χ3n) is 3.21. The van der Waals surface area contributed by atoms with E-state index in [0.29, 0.717) is 6.54 Å². The van der Waals surface area contributed by atoms with Gasteiger partial charge in [0.05, 0.1) is 6.54 Å². The number of likely N-dealkylation sites (N-methyl/N-ethyl adjacent to an activating group) is 1. The van der Waals surface area contributed by atoms with Crippen molar-refractivity contribution in [1.82, 2.24) is 10.2 Å². The van der Waals surface area contributed by atoms with Crippen LogP contribution in [-0.4, -0.2) is 36.0 Å². The average molecular weight is 226 g/mol. The van der Waals surface area contributed by atoms with Crippen molar-refractivity contribution >= 4 is 5.91 Å².